The molecule has 3 aromatic carbocycles. The number of hydrogen-bond donors (Lipinski definition) is 1. The van der Waals surface area contributed by atoms with Gasteiger partial charge in [0.2, 0.25) is 0 Å². The molecule has 1 heterocycles. The Balaban J connectivity index is 1.82. The van der Waals surface area contributed by atoms with Gasteiger partial charge in [-0.1, -0.05) is 54.6 Å². The number of nitrogens with zero attached hydrogens (tertiary/aromatic N) is 1. The van der Waals surface area contributed by atoms with E-state index < -0.39 is 0 Å². The van der Waals surface area contributed by atoms with Gasteiger partial charge in [-0.05, 0) is 28.5 Å². The molecule has 0 unspecified atom stereocenters. The molecule has 1 aliphatic rings. The van der Waals surface area contributed by atoms with Crippen molar-refractivity contribution in [3.05, 3.63) is 77.9 Å². The molecule has 0 aromatic heterocycles. The van der Waals surface area contributed by atoms with Crippen LogP contribution < -0.4 is 0 Å². The zero-order chi connectivity index (χ0) is 16.4. The van der Waals surface area contributed by atoms with Crippen LogP contribution in [0.25, 0.3) is 10.8 Å². The fourth-order valence-electron chi connectivity index (χ4n) is 3.52. The lowest BCUT2D eigenvalue weighted by Crippen LogP contribution is -2.39. The van der Waals surface area contributed by atoms with Crippen molar-refractivity contribution in [3.8, 4) is 5.75 Å². The summed E-state index contributed by atoms with van der Waals surface area (Å²) in [6, 6.07) is 22.7. The van der Waals surface area contributed by atoms with Gasteiger partial charge in [-0.25, -0.2) is 0 Å². The summed E-state index contributed by atoms with van der Waals surface area (Å²) >= 11 is 0. The number of para-hydroxylation sites is 1. The third-order valence-corrected chi connectivity index (χ3v) is 4.73. The molecule has 1 fully saturated rings. The van der Waals surface area contributed by atoms with Gasteiger partial charge in [0, 0.05) is 18.7 Å². The van der Waals surface area contributed by atoms with Crippen molar-refractivity contribution in [2.75, 3.05) is 26.3 Å². The fraction of sp³-hybridized carbons (Fsp3) is 0.238. The highest BCUT2D eigenvalue weighted by Gasteiger charge is 2.26. The molecular formula is C21H21NO2. The minimum Gasteiger partial charge on any atom is -0.508 e. The molecule has 24 heavy (non-hydrogen) atoms. The third-order valence-electron chi connectivity index (χ3n) is 4.73. The van der Waals surface area contributed by atoms with E-state index in [1.807, 2.05) is 18.2 Å². The summed E-state index contributed by atoms with van der Waals surface area (Å²) in [5.41, 5.74) is 2.16. The Hall–Kier alpha value is -2.36. The van der Waals surface area contributed by atoms with E-state index in [9.17, 15) is 5.11 Å². The number of aromatic hydroxyl groups is 1. The van der Waals surface area contributed by atoms with Gasteiger partial charge in [0.15, 0.2) is 0 Å². The molecule has 122 valence electrons. The first-order valence-electron chi connectivity index (χ1n) is 8.41. The van der Waals surface area contributed by atoms with Crippen molar-refractivity contribution in [1.82, 2.24) is 4.90 Å². The number of phenols is 1. The molecule has 0 spiro atoms. The number of morpholine rings is 1. The van der Waals surface area contributed by atoms with Crippen LogP contribution in [-0.4, -0.2) is 36.3 Å². The fourth-order valence-corrected chi connectivity index (χ4v) is 3.52. The normalized spacial score (nSPS) is 17.0. The van der Waals surface area contributed by atoms with Gasteiger partial charge in [-0.3, -0.25) is 4.90 Å². The minimum atomic E-state index is 0.0414. The Bertz CT molecular complexity index is 840. The predicted octanol–water partition coefficient (Wildman–Crippen LogP) is 3.97. The highest BCUT2D eigenvalue weighted by Crippen LogP contribution is 2.35. The van der Waals surface area contributed by atoms with E-state index in [1.165, 1.54) is 16.3 Å². The van der Waals surface area contributed by atoms with Gasteiger partial charge in [-0.2, -0.15) is 0 Å². The largest absolute Gasteiger partial charge is 0.508 e. The van der Waals surface area contributed by atoms with Crippen LogP contribution in [0.5, 0.6) is 5.75 Å². The van der Waals surface area contributed by atoms with Gasteiger partial charge in [-0.15, -0.1) is 0 Å². The number of hydrogen-bond acceptors (Lipinski definition) is 3. The molecule has 1 N–H and O–H groups in total. The van der Waals surface area contributed by atoms with Crippen molar-refractivity contribution in [3.63, 3.8) is 0 Å². The van der Waals surface area contributed by atoms with E-state index in [-0.39, 0.29) is 6.04 Å². The van der Waals surface area contributed by atoms with Crippen LogP contribution in [0.15, 0.2) is 66.7 Å². The Morgan fingerprint density at radius 2 is 1.54 bits per heavy atom. The number of phenolic OH excluding ortho intramolecular Hbond substituents is 1. The first-order chi connectivity index (χ1) is 11.8. The second-order valence-electron chi connectivity index (χ2n) is 6.22. The molecular weight excluding hydrogens is 298 g/mol. The van der Waals surface area contributed by atoms with E-state index >= 15 is 0 Å². The standard InChI is InChI=1S/C21H21NO2/c23-20-8-4-3-7-19(20)21(22-11-13-24-14-12-22)18-10-9-16-5-1-2-6-17(16)15-18/h1-10,15,21,23H,11-14H2/t21-/m1/s1. The molecule has 0 amide bonds. The van der Waals surface area contributed by atoms with E-state index in [0.717, 1.165) is 31.9 Å². The quantitative estimate of drug-likeness (QED) is 0.793. The number of fused-ring (bicyclic) bond motifs is 1. The van der Waals surface area contributed by atoms with Crippen LogP contribution >= 0.6 is 0 Å². The van der Waals surface area contributed by atoms with Gasteiger partial charge >= 0.3 is 0 Å². The first-order valence-corrected chi connectivity index (χ1v) is 8.41. The highest BCUT2D eigenvalue weighted by atomic mass is 16.5. The van der Waals surface area contributed by atoms with E-state index in [1.54, 1.807) is 6.07 Å². The number of rotatable bonds is 3. The summed E-state index contributed by atoms with van der Waals surface area (Å²) < 4.78 is 5.52. The summed E-state index contributed by atoms with van der Waals surface area (Å²) in [6.45, 7) is 3.20. The Labute approximate surface area is 142 Å². The van der Waals surface area contributed by atoms with Gasteiger partial charge in [0.05, 0.1) is 19.3 Å². The number of ether oxygens (including phenoxy) is 1. The summed E-state index contributed by atoms with van der Waals surface area (Å²) in [5, 5.41) is 12.9. The molecule has 0 radical (unpaired) electrons. The van der Waals surface area contributed by atoms with Crippen LogP contribution in [0, 0.1) is 0 Å². The number of benzene rings is 3. The Morgan fingerprint density at radius 3 is 2.33 bits per heavy atom. The van der Waals surface area contributed by atoms with Crippen LogP contribution in [-0.2, 0) is 4.74 Å². The van der Waals surface area contributed by atoms with Gasteiger partial charge in [0.1, 0.15) is 5.75 Å². The van der Waals surface area contributed by atoms with Crippen molar-refractivity contribution >= 4 is 10.8 Å². The maximum atomic E-state index is 10.4. The first kappa shape index (κ1) is 15.2. The van der Waals surface area contributed by atoms with Crippen molar-refractivity contribution in [2.24, 2.45) is 0 Å². The molecule has 3 heteroatoms. The monoisotopic (exact) mass is 319 g/mol. The molecule has 1 atom stereocenters. The van der Waals surface area contributed by atoms with Crippen LogP contribution in [0.1, 0.15) is 17.2 Å². The molecule has 4 rings (SSSR count). The van der Waals surface area contributed by atoms with Crippen LogP contribution in [0.2, 0.25) is 0 Å². The lowest BCUT2D eigenvalue weighted by Gasteiger charge is -2.35. The van der Waals surface area contributed by atoms with Crippen molar-refractivity contribution in [2.45, 2.75) is 6.04 Å². The molecule has 3 aromatic rings. The second kappa shape index (κ2) is 6.63. The third kappa shape index (κ3) is 2.88. The zero-order valence-corrected chi connectivity index (χ0v) is 13.6. The smallest absolute Gasteiger partial charge is 0.120 e. The Kier molecular flexibility index (Phi) is 4.20. The SMILES string of the molecule is Oc1ccccc1[C@@H](c1ccc2ccccc2c1)N1CCOCC1. The molecule has 3 nitrogen and oxygen atoms in total. The summed E-state index contributed by atoms with van der Waals surface area (Å²) in [6.07, 6.45) is 0. The van der Waals surface area contributed by atoms with Gasteiger partial charge < -0.3 is 9.84 Å². The molecule has 1 aliphatic heterocycles. The molecule has 1 saturated heterocycles. The summed E-state index contributed by atoms with van der Waals surface area (Å²) in [4.78, 5) is 2.39. The van der Waals surface area contributed by atoms with E-state index in [4.69, 9.17) is 4.74 Å². The maximum Gasteiger partial charge on any atom is 0.120 e. The van der Waals surface area contributed by atoms with Crippen molar-refractivity contribution < 1.29 is 9.84 Å². The van der Waals surface area contributed by atoms with E-state index in [2.05, 4.69) is 47.4 Å². The van der Waals surface area contributed by atoms with Crippen LogP contribution in [0.3, 0.4) is 0 Å². The summed E-state index contributed by atoms with van der Waals surface area (Å²) in [7, 11) is 0. The molecule has 0 saturated carbocycles. The lowest BCUT2D eigenvalue weighted by molar-refractivity contribution is 0.0236. The minimum absolute atomic E-state index is 0.0414. The second-order valence-corrected chi connectivity index (χ2v) is 6.22. The van der Waals surface area contributed by atoms with Gasteiger partial charge in [0.25, 0.3) is 0 Å². The van der Waals surface area contributed by atoms with Crippen molar-refractivity contribution in [1.29, 1.82) is 0 Å². The average Bonchev–Trinajstić information content (AvgIpc) is 2.64. The lowest BCUT2D eigenvalue weighted by atomic mass is 9.94. The molecule has 0 bridgehead atoms. The zero-order valence-electron chi connectivity index (χ0n) is 13.6. The predicted molar refractivity (Wildman–Crippen MR) is 96.3 cm³/mol. The average molecular weight is 319 g/mol. The van der Waals surface area contributed by atoms with E-state index in [0.29, 0.717) is 5.75 Å². The Morgan fingerprint density at radius 1 is 0.833 bits per heavy atom. The highest BCUT2D eigenvalue weighted by molar-refractivity contribution is 5.83. The summed E-state index contributed by atoms with van der Waals surface area (Å²) in [5.74, 6) is 0.349. The topological polar surface area (TPSA) is 32.7 Å². The maximum absolute atomic E-state index is 10.4. The van der Waals surface area contributed by atoms with Crippen LogP contribution in [0.4, 0.5) is 0 Å². The molecule has 0 aliphatic carbocycles.